The molecule has 1 fully saturated rings. The van der Waals surface area contributed by atoms with Gasteiger partial charge in [0.25, 0.3) is 5.91 Å². The first-order chi connectivity index (χ1) is 14.8. The number of aromatic nitrogens is 2. The molecule has 0 saturated carbocycles. The van der Waals surface area contributed by atoms with Crippen LogP contribution in [0.2, 0.25) is 5.02 Å². The smallest absolute Gasteiger partial charge is 0.261 e. The van der Waals surface area contributed by atoms with Crippen molar-refractivity contribution < 1.29 is 13.2 Å². The number of hydrogen-bond donors (Lipinski definition) is 2. The van der Waals surface area contributed by atoms with E-state index in [0.29, 0.717) is 41.6 Å². The van der Waals surface area contributed by atoms with Gasteiger partial charge in [-0.3, -0.25) is 4.79 Å². The monoisotopic (exact) mass is 478 g/mol. The van der Waals surface area contributed by atoms with Crippen LogP contribution in [0.3, 0.4) is 0 Å². The van der Waals surface area contributed by atoms with E-state index in [1.165, 1.54) is 17.7 Å². The number of nitrogens with zero attached hydrogens (tertiary/aromatic N) is 2. The molecule has 3 aromatic rings. The van der Waals surface area contributed by atoms with E-state index in [-0.39, 0.29) is 23.3 Å². The number of anilines is 1. The number of fused-ring (bicyclic) bond motifs is 1. The van der Waals surface area contributed by atoms with Crippen LogP contribution >= 0.6 is 22.9 Å². The molecule has 0 unspecified atom stereocenters. The second-order valence-corrected chi connectivity index (χ2v) is 11.3. The highest BCUT2D eigenvalue weighted by molar-refractivity contribution is 7.91. The van der Waals surface area contributed by atoms with Crippen molar-refractivity contribution >= 4 is 54.7 Å². The van der Waals surface area contributed by atoms with E-state index < -0.39 is 9.84 Å². The van der Waals surface area contributed by atoms with Crippen LogP contribution in [0.5, 0.6) is 0 Å². The zero-order valence-corrected chi connectivity index (χ0v) is 19.4. The number of thiophene rings is 1. The molecular formula is C21H23ClN4O3S2. The summed E-state index contributed by atoms with van der Waals surface area (Å²) in [6.07, 6.45) is 2.77. The summed E-state index contributed by atoms with van der Waals surface area (Å²) in [5, 5.41) is 7.74. The summed E-state index contributed by atoms with van der Waals surface area (Å²) in [7, 11) is -2.92. The van der Waals surface area contributed by atoms with Crippen molar-refractivity contribution in [2.75, 3.05) is 29.9 Å². The molecule has 2 N–H and O–H groups in total. The number of halogens is 1. The van der Waals surface area contributed by atoms with Crippen molar-refractivity contribution in [3.8, 4) is 0 Å². The molecule has 0 spiro atoms. The minimum absolute atomic E-state index is 0.0709. The molecule has 164 valence electrons. The topological polar surface area (TPSA) is 101 Å². The summed E-state index contributed by atoms with van der Waals surface area (Å²) in [4.78, 5) is 22.8. The van der Waals surface area contributed by atoms with Gasteiger partial charge in [-0.15, -0.1) is 11.3 Å². The molecule has 1 aliphatic heterocycles. The Hall–Kier alpha value is -2.23. The largest absolute Gasteiger partial charge is 0.369 e. The zero-order chi connectivity index (χ0) is 22.0. The molecule has 3 heterocycles. The Labute approximate surface area is 190 Å². The van der Waals surface area contributed by atoms with E-state index in [1.807, 2.05) is 31.2 Å². The van der Waals surface area contributed by atoms with Gasteiger partial charge in [0.15, 0.2) is 9.84 Å². The van der Waals surface area contributed by atoms with Crippen molar-refractivity contribution in [3.63, 3.8) is 0 Å². The second-order valence-electron chi connectivity index (χ2n) is 7.71. The average molecular weight is 479 g/mol. The number of rotatable bonds is 7. The van der Waals surface area contributed by atoms with E-state index in [9.17, 15) is 13.2 Å². The van der Waals surface area contributed by atoms with E-state index >= 15 is 0 Å². The molecule has 7 nitrogen and oxygen atoms in total. The van der Waals surface area contributed by atoms with E-state index in [1.54, 1.807) is 0 Å². The summed E-state index contributed by atoms with van der Waals surface area (Å²) in [6.45, 7) is 2.89. The highest BCUT2D eigenvalue weighted by atomic mass is 35.5. The SMILES string of the molecule is Cc1c(C(=O)NCCc2ccccc2Cl)sc2ncnc(NC[C@@H]3CCS(=O)(=O)C3)c12. The van der Waals surface area contributed by atoms with Gasteiger partial charge in [0.1, 0.15) is 17.0 Å². The maximum atomic E-state index is 12.8. The van der Waals surface area contributed by atoms with E-state index in [4.69, 9.17) is 11.6 Å². The third-order valence-corrected chi connectivity index (χ3v) is 8.86. The Balaban J connectivity index is 1.45. The lowest BCUT2D eigenvalue weighted by molar-refractivity contribution is 0.0957. The maximum absolute atomic E-state index is 12.8. The summed E-state index contributed by atoms with van der Waals surface area (Å²) in [5.74, 6) is 1.00. The summed E-state index contributed by atoms with van der Waals surface area (Å²) < 4.78 is 23.4. The lowest BCUT2D eigenvalue weighted by Gasteiger charge is -2.11. The number of aryl methyl sites for hydroxylation is 1. The number of carbonyl (C=O) groups excluding carboxylic acids is 1. The zero-order valence-electron chi connectivity index (χ0n) is 17.0. The molecule has 1 aliphatic rings. The molecule has 4 rings (SSSR count). The number of carbonyl (C=O) groups is 1. The van der Waals surface area contributed by atoms with Crippen LogP contribution in [0, 0.1) is 12.8 Å². The number of nitrogens with one attached hydrogen (secondary N) is 2. The van der Waals surface area contributed by atoms with Crippen molar-refractivity contribution in [2.45, 2.75) is 19.8 Å². The first kappa shape index (κ1) is 22.0. The molecule has 0 bridgehead atoms. The predicted octanol–water partition coefficient (Wildman–Crippen LogP) is 3.47. The fraction of sp³-hybridized carbons (Fsp3) is 0.381. The average Bonchev–Trinajstić information content (AvgIpc) is 3.27. The molecule has 0 radical (unpaired) electrons. The number of hydrogen-bond acceptors (Lipinski definition) is 7. The molecule has 1 atom stereocenters. The second kappa shape index (κ2) is 9.10. The third-order valence-electron chi connectivity index (χ3n) is 5.46. The summed E-state index contributed by atoms with van der Waals surface area (Å²) in [6, 6.07) is 7.59. The Morgan fingerprint density at radius 1 is 1.29 bits per heavy atom. The van der Waals surface area contributed by atoms with Crippen LogP contribution in [0.15, 0.2) is 30.6 Å². The van der Waals surface area contributed by atoms with Crippen LogP contribution in [-0.2, 0) is 16.3 Å². The first-order valence-corrected chi connectivity index (χ1v) is 13.1. The highest BCUT2D eigenvalue weighted by Gasteiger charge is 2.28. The van der Waals surface area contributed by atoms with Crippen molar-refractivity contribution in [2.24, 2.45) is 5.92 Å². The molecule has 1 saturated heterocycles. The van der Waals surface area contributed by atoms with Gasteiger partial charge in [-0.25, -0.2) is 18.4 Å². The van der Waals surface area contributed by atoms with Crippen molar-refractivity contribution in [1.82, 2.24) is 15.3 Å². The number of sulfone groups is 1. The van der Waals surface area contributed by atoms with Gasteiger partial charge in [0, 0.05) is 18.1 Å². The van der Waals surface area contributed by atoms with Crippen LogP contribution in [-0.4, -0.2) is 48.9 Å². The van der Waals surface area contributed by atoms with Crippen LogP contribution < -0.4 is 10.6 Å². The summed E-state index contributed by atoms with van der Waals surface area (Å²) >= 11 is 7.51. The highest BCUT2D eigenvalue weighted by Crippen LogP contribution is 2.33. The predicted molar refractivity (Wildman–Crippen MR) is 125 cm³/mol. The van der Waals surface area contributed by atoms with Gasteiger partial charge in [-0.2, -0.15) is 0 Å². The van der Waals surface area contributed by atoms with Crippen molar-refractivity contribution in [3.05, 3.63) is 51.6 Å². The normalized spacial score (nSPS) is 17.7. The Morgan fingerprint density at radius 3 is 2.84 bits per heavy atom. The van der Waals surface area contributed by atoms with Crippen LogP contribution in [0.25, 0.3) is 10.2 Å². The lowest BCUT2D eigenvalue weighted by atomic mass is 10.1. The van der Waals surface area contributed by atoms with Gasteiger partial charge in [-0.1, -0.05) is 29.8 Å². The fourth-order valence-corrected chi connectivity index (χ4v) is 6.95. The Morgan fingerprint density at radius 2 is 2.10 bits per heavy atom. The molecule has 2 aromatic heterocycles. The van der Waals surface area contributed by atoms with Crippen LogP contribution in [0.4, 0.5) is 5.82 Å². The molecule has 31 heavy (non-hydrogen) atoms. The van der Waals surface area contributed by atoms with E-state index in [2.05, 4.69) is 20.6 Å². The molecule has 1 aromatic carbocycles. The maximum Gasteiger partial charge on any atom is 0.261 e. The third kappa shape index (κ3) is 4.99. The lowest BCUT2D eigenvalue weighted by Crippen LogP contribution is -2.25. The summed E-state index contributed by atoms with van der Waals surface area (Å²) in [5.41, 5.74) is 1.81. The standard InChI is InChI=1S/C21H23ClN4O3S2/c1-13-17-19(24-10-14-7-9-31(28,29)11-14)25-12-26-21(17)30-18(13)20(27)23-8-6-15-4-2-3-5-16(15)22/h2-5,12,14H,6-11H2,1H3,(H,23,27)(H,24,25,26)/t14-/m0/s1. The first-order valence-electron chi connectivity index (χ1n) is 10.0. The minimum atomic E-state index is -2.92. The number of amides is 1. The molecule has 1 amide bonds. The van der Waals surface area contributed by atoms with Gasteiger partial charge in [0.05, 0.1) is 21.8 Å². The van der Waals surface area contributed by atoms with Gasteiger partial charge < -0.3 is 10.6 Å². The molecular weight excluding hydrogens is 456 g/mol. The van der Waals surface area contributed by atoms with Gasteiger partial charge in [-0.05, 0) is 42.9 Å². The van der Waals surface area contributed by atoms with Crippen molar-refractivity contribution in [1.29, 1.82) is 0 Å². The number of benzene rings is 1. The fourth-order valence-electron chi connectivity index (χ4n) is 3.79. The molecule has 10 heteroatoms. The Bertz CT molecular complexity index is 1230. The van der Waals surface area contributed by atoms with Gasteiger partial charge in [0.2, 0.25) is 0 Å². The quantitative estimate of drug-likeness (QED) is 0.539. The van der Waals surface area contributed by atoms with Gasteiger partial charge >= 0.3 is 0 Å². The molecule has 0 aliphatic carbocycles. The minimum Gasteiger partial charge on any atom is -0.369 e. The Kier molecular flexibility index (Phi) is 6.45. The van der Waals surface area contributed by atoms with Crippen LogP contribution in [0.1, 0.15) is 27.2 Å². The van der Waals surface area contributed by atoms with E-state index in [0.717, 1.165) is 21.3 Å².